The smallest absolute Gasteiger partial charge is 0.273 e. The molecular weight excluding hydrogens is 440 g/mol. The van der Waals surface area contributed by atoms with Crippen LogP contribution < -0.4 is 25.4 Å². The summed E-state index contributed by atoms with van der Waals surface area (Å²) in [6.45, 7) is 0.0728. The lowest BCUT2D eigenvalue weighted by Crippen LogP contribution is -2.18. The van der Waals surface area contributed by atoms with Crippen molar-refractivity contribution < 1.29 is 23.9 Å². The van der Waals surface area contributed by atoms with Crippen LogP contribution in [0, 0.1) is 10.1 Å². The third kappa shape index (κ3) is 5.57. The van der Waals surface area contributed by atoms with Gasteiger partial charge in [0.15, 0.2) is 5.82 Å². The first kappa shape index (κ1) is 22.7. The Balaban J connectivity index is 1.56. The molecule has 0 saturated carbocycles. The van der Waals surface area contributed by atoms with E-state index in [0.29, 0.717) is 28.2 Å². The molecule has 1 amide bonds. The highest BCUT2D eigenvalue weighted by atomic mass is 32.2. The van der Waals surface area contributed by atoms with E-state index >= 15 is 0 Å². The minimum atomic E-state index is -0.548. The number of carbonyl (C=O) groups excluding carboxylic acids is 1. The number of non-ortho nitro benzene ring substituents is 1. The molecule has 13 heteroatoms. The Morgan fingerprint density at radius 3 is 2.69 bits per heavy atom. The largest absolute Gasteiger partial charge is 0.497 e. The molecule has 2 aromatic carbocycles. The number of nitro benzene ring substituents is 1. The fourth-order valence-electron chi connectivity index (χ4n) is 2.56. The molecule has 0 saturated heterocycles. The standard InChI is InChI=1S/C19H20N6O6S/c1-29-13-4-3-5-14(9-13)31-10-17-22-23-19(24(17)20)32-11-18(26)21-15-7-6-12(25(27)28)8-16(15)30-2/h3-9H,10-11,20H2,1-2H3,(H,21,26). The van der Waals surface area contributed by atoms with Gasteiger partial charge in [0.25, 0.3) is 5.69 Å². The monoisotopic (exact) mass is 460 g/mol. The molecule has 3 aromatic rings. The minimum absolute atomic E-state index is 0.0216. The summed E-state index contributed by atoms with van der Waals surface area (Å²) in [6.07, 6.45) is 0. The highest BCUT2D eigenvalue weighted by Gasteiger charge is 2.16. The van der Waals surface area contributed by atoms with Crippen LogP contribution in [0.5, 0.6) is 17.2 Å². The number of benzene rings is 2. The molecule has 3 rings (SSSR count). The van der Waals surface area contributed by atoms with Crippen molar-refractivity contribution in [2.45, 2.75) is 11.8 Å². The zero-order valence-corrected chi connectivity index (χ0v) is 18.0. The molecular formula is C19H20N6O6S. The van der Waals surface area contributed by atoms with Gasteiger partial charge in [0.1, 0.15) is 23.9 Å². The summed E-state index contributed by atoms with van der Waals surface area (Å²) in [5.74, 6) is 7.39. The summed E-state index contributed by atoms with van der Waals surface area (Å²) >= 11 is 1.07. The number of nitro groups is 1. The van der Waals surface area contributed by atoms with Crippen LogP contribution in [0.25, 0.3) is 0 Å². The van der Waals surface area contributed by atoms with E-state index in [-0.39, 0.29) is 29.7 Å². The molecule has 32 heavy (non-hydrogen) atoms. The zero-order valence-electron chi connectivity index (χ0n) is 17.2. The van der Waals surface area contributed by atoms with Crippen LogP contribution in [-0.2, 0) is 11.4 Å². The third-order valence-corrected chi connectivity index (χ3v) is 5.09. The summed E-state index contributed by atoms with van der Waals surface area (Å²) in [7, 11) is 2.92. The number of rotatable bonds is 10. The summed E-state index contributed by atoms with van der Waals surface area (Å²) in [6, 6.07) is 11.0. The van der Waals surface area contributed by atoms with Crippen molar-refractivity contribution in [3.8, 4) is 17.2 Å². The second-order valence-corrected chi connectivity index (χ2v) is 7.16. The first-order valence-corrected chi connectivity index (χ1v) is 10.1. The van der Waals surface area contributed by atoms with Gasteiger partial charge in [-0.2, -0.15) is 0 Å². The fraction of sp³-hybridized carbons (Fsp3) is 0.211. The Morgan fingerprint density at radius 2 is 1.97 bits per heavy atom. The van der Waals surface area contributed by atoms with Crippen molar-refractivity contribution in [2.75, 3.05) is 31.1 Å². The van der Waals surface area contributed by atoms with Gasteiger partial charge in [-0.15, -0.1) is 10.2 Å². The van der Waals surface area contributed by atoms with Gasteiger partial charge in [0, 0.05) is 12.1 Å². The lowest BCUT2D eigenvalue weighted by atomic mass is 10.2. The predicted octanol–water partition coefficient (Wildman–Crippen LogP) is 2.23. The SMILES string of the molecule is COc1cccc(OCc2nnc(SCC(=O)Nc3ccc([N+](=O)[O-])cc3OC)n2N)c1. The molecule has 1 heterocycles. The lowest BCUT2D eigenvalue weighted by Gasteiger charge is -2.10. The van der Waals surface area contributed by atoms with Crippen LogP contribution in [0.1, 0.15) is 5.82 Å². The normalized spacial score (nSPS) is 10.4. The second kappa shape index (κ2) is 10.3. The van der Waals surface area contributed by atoms with Gasteiger partial charge < -0.3 is 25.4 Å². The van der Waals surface area contributed by atoms with Crippen molar-refractivity contribution in [3.63, 3.8) is 0 Å². The number of carbonyl (C=O) groups is 1. The van der Waals surface area contributed by atoms with Gasteiger partial charge in [0.05, 0.1) is 36.6 Å². The first-order chi connectivity index (χ1) is 15.4. The van der Waals surface area contributed by atoms with Gasteiger partial charge in [-0.1, -0.05) is 17.8 Å². The number of ether oxygens (including phenoxy) is 3. The third-order valence-electron chi connectivity index (χ3n) is 4.15. The van der Waals surface area contributed by atoms with Crippen molar-refractivity contribution in [3.05, 3.63) is 58.4 Å². The first-order valence-electron chi connectivity index (χ1n) is 9.12. The molecule has 3 N–H and O–H groups in total. The van der Waals surface area contributed by atoms with E-state index in [1.54, 1.807) is 31.4 Å². The summed E-state index contributed by atoms with van der Waals surface area (Å²) in [5, 5.41) is 21.8. The van der Waals surface area contributed by atoms with E-state index in [1.807, 2.05) is 0 Å². The summed E-state index contributed by atoms with van der Waals surface area (Å²) < 4.78 is 17.1. The number of nitrogens with zero attached hydrogens (tertiary/aromatic N) is 4. The Kier molecular flexibility index (Phi) is 7.33. The molecule has 1 aromatic heterocycles. The van der Waals surface area contributed by atoms with Crippen molar-refractivity contribution >= 4 is 29.0 Å². The zero-order chi connectivity index (χ0) is 23.1. The minimum Gasteiger partial charge on any atom is -0.497 e. The average Bonchev–Trinajstić information content (AvgIpc) is 3.15. The molecule has 0 unspecified atom stereocenters. The van der Waals surface area contributed by atoms with Gasteiger partial charge in [-0.25, -0.2) is 4.68 Å². The molecule has 0 radical (unpaired) electrons. The number of nitrogen functional groups attached to an aromatic ring is 1. The number of anilines is 1. The molecule has 0 bridgehead atoms. The van der Waals surface area contributed by atoms with Crippen molar-refractivity contribution in [2.24, 2.45) is 0 Å². The number of hydrogen-bond acceptors (Lipinski definition) is 10. The van der Waals surface area contributed by atoms with Crippen molar-refractivity contribution in [1.82, 2.24) is 14.9 Å². The van der Waals surface area contributed by atoms with E-state index in [2.05, 4.69) is 15.5 Å². The predicted molar refractivity (Wildman–Crippen MR) is 117 cm³/mol. The van der Waals surface area contributed by atoms with Crippen LogP contribution in [0.3, 0.4) is 0 Å². The lowest BCUT2D eigenvalue weighted by molar-refractivity contribution is -0.384. The number of amides is 1. The van der Waals surface area contributed by atoms with E-state index in [4.69, 9.17) is 20.1 Å². The maximum atomic E-state index is 12.3. The molecule has 12 nitrogen and oxygen atoms in total. The number of nitrogens with two attached hydrogens (primary N) is 1. The van der Waals surface area contributed by atoms with Crippen molar-refractivity contribution in [1.29, 1.82) is 0 Å². The van der Waals surface area contributed by atoms with Crippen LogP contribution in [0.15, 0.2) is 47.6 Å². The molecule has 0 atom stereocenters. The maximum absolute atomic E-state index is 12.3. The second-order valence-electron chi connectivity index (χ2n) is 6.22. The molecule has 0 spiro atoms. The molecule has 168 valence electrons. The topological polar surface area (TPSA) is 157 Å². The Labute approximate surface area is 186 Å². The van der Waals surface area contributed by atoms with E-state index in [0.717, 1.165) is 11.8 Å². The van der Waals surface area contributed by atoms with Gasteiger partial charge in [0.2, 0.25) is 11.1 Å². The van der Waals surface area contributed by atoms with E-state index in [1.165, 1.54) is 30.0 Å². The average molecular weight is 460 g/mol. The number of thioether (sulfide) groups is 1. The van der Waals surface area contributed by atoms with Gasteiger partial charge >= 0.3 is 0 Å². The maximum Gasteiger partial charge on any atom is 0.273 e. The Hall–Kier alpha value is -4.00. The van der Waals surface area contributed by atoms with Crippen LogP contribution >= 0.6 is 11.8 Å². The quantitative estimate of drug-likeness (QED) is 0.199. The summed E-state index contributed by atoms with van der Waals surface area (Å²) in [4.78, 5) is 22.6. The summed E-state index contributed by atoms with van der Waals surface area (Å²) in [5.41, 5.74) is 0.166. The number of methoxy groups -OCH3 is 2. The molecule has 0 aliphatic rings. The van der Waals surface area contributed by atoms with Crippen LogP contribution in [0.4, 0.5) is 11.4 Å². The highest BCUT2D eigenvalue weighted by molar-refractivity contribution is 7.99. The van der Waals surface area contributed by atoms with Gasteiger partial charge in [-0.3, -0.25) is 14.9 Å². The Morgan fingerprint density at radius 1 is 1.19 bits per heavy atom. The van der Waals surface area contributed by atoms with Crippen LogP contribution in [-0.4, -0.2) is 45.7 Å². The molecule has 0 aliphatic heterocycles. The molecule has 0 fully saturated rings. The fourth-order valence-corrected chi connectivity index (χ4v) is 3.23. The number of hydrogen-bond donors (Lipinski definition) is 2. The van der Waals surface area contributed by atoms with Gasteiger partial charge in [-0.05, 0) is 18.2 Å². The molecule has 0 aliphatic carbocycles. The van der Waals surface area contributed by atoms with E-state index < -0.39 is 4.92 Å². The number of nitrogens with one attached hydrogen (secondary N) is 1. The highest BCUT2D eigenvalue weighted by Crippen LogP contribution is 2.29. The number of aromatic nitrogens is 3. The van der Waals surface area contributed by atoms with Crippen LogP contribution in [0.2, 0.25) is 0 Å². The Bertz CT molecular complexity index is 1120. The van der Waals surface area contributed by atoms with E-state index in [9.17, 15) is 14.9 Å².